The summed E-state index contributed by atoms with van der Waals surface area (Å²) in [6.07, 6.45) is 1.93. The second kappa shape index (κ2) is 8.98. The molecule has 0 spiro atoms. The Kier molecular flexibility index (Phi) is 6.31. The molecule has 2 aliphatic heterocycles. The molecule has 0 radical (unpaired) electrons. The number of ether oxygens (including phenoxy) is 1. The van der Waals surface area contributed by atoms with E-state index < -0.39 is 10.0 Å². The summed E-state index contributed by atoms with van der Waals surface area (Å²) >= 11 is 0. The van der Waals surface area contributed by atoms with E-state index in [1.807, 2.05) is 0 Å². The first-order chi connectivity index (χ1) is 14.8. The zero-order chi connectivity index (χ0) is 22.0. The van der Waals surface area contributed by atoms with Gasteiger partial charge in [0, 0.05) is 19.2 Å². The lowest BCUT2D eigenvalue weighted by Crippen LogP contribution is -2.38. The number of anilines is 1. The molecular weight excluding hydrogens is 414 g/mol. The van der Waals surface area contributed by atoms with Gasteiger partial charge in [-0.15, -0.1) is 0 Å². The summed E-state index contributed by atoms with van der Waals surface area (Å²) in [7, 11) is -3.66. The number of amides is 1. The van der Waals surface area contributed by atoms with Gasteiger partial charge < -0.3 is 10.1 Å². The first kappa shape index (κ1) is 21.8. The van der Waals surface area contributed by atoms with Crippen molar-refractivity contribution >= 4 is 21.6 Å². The molecule has 2 heterocycles. The standard InChI is InChI=1S/C23H29N3O4S/c1-16-5-3-4-6-19(16)14-26-9-7-18(8-10-26)13-24-31(28,29)22-12-21-20(11-17(22)2)25-23(27)15-30-21/h3-6,11-12,18,24H,7-10,13-15H2,1-2H3,(H,25,27). The molecule has 1 amide bonds. The Morgan fingerprint density at radius 3 is 2.61 bits per heavy atom. The van der Waals surface area contributed by atoms with Crippen LogP contribution < -0.4 is 14.8 Å². The molecule has 166 valence electrons. The Hall–Kier alpha value is -2.42. The van der Waals surface area contributed by atoms with Crippen LogP contribution in [0.25, 0.3) is 0 Å². The van der Waals surface area contributed by atoms with E-state index in [2.05, 4.69) is 46.1 Å². The summed E-state index contributed by atoms with van der Waals surface area (Å²) in [5, 5.41) is 2.70. The molecule has 31 heavy (non-hydrogen) atoms. The highest BCUT2D eigenvalue weighted by Gasteiger charge is 2.26. The second-order valence-electron chi connectivity index (χ2n) is 8.45. The minimum absolute atomic E-state index is 0.107. The number of rotatable bonds is 6. The van der Waals surface area contributed by atoms with Gasteiger partial charge in [-0.3, -0.25) is 9.69 Å². The third kappa shape index (κ3) is 5.08. The number of hydrogen-bond acceptors (Lipinski definition) is 5. The predicted octanol–water partition coefficient (Wildman–Crippen LogP) is 2.82. The number of nitrogens with zero attached hydrogens (tertiary/aromatic N) is 1. The summed E-state index contributed by atoms with van der Waals surface area (Å²) in [6.45, 7) is 7.05. The van der Waals surface area contributed by atoms with E-state index in [4.69, 9.17) is 4.74 Å². The molecule has 7 nitrogen and oxygen atoms in total. The topological polar surface area (TPSA) is 87.7 Å². The molecule has 2 N–H and O–H groups in total. The largest absolute Gasteiger partial charge is 0.482 e. The maximum absolute atomic E-state index is 12.9. The van der Waals surface area contributed by atoms with Crippen molar-refractivity contribution in [3.8, 4) is 5.75 Å². The monoisotopic (exact) mass is 443 g/mol. The molecule has 2 aliphatic rings. The van der Waals surface area contributed by atoms with E-state index in [0.717, 1.165) is 32.5 Å². The van der Waals surface area contributed by atoms with Crippen LogP contribution in [-0.4, -0.2) is 45.5 Å². The van der Waals surface area contributed by atoms with Crippen molar-refractivity contribution in [3.05, 3.63) is 53.1 Å². The van der Waals surface area contributed by atoms with Crippen LogP contribution in [0, 0.1) is 19.8 Å². The minimum atomic E-state index is -3.66. The van der Waals surface area contributed by atoms with E-state index in [0.29, 0.717) is 29.5 Å². The van der Waals surface area contributed by atoms with E-state index in [9.17, 15) is 13.2 Å². The minimum Gasteiger partial charge on any atom is -0.482 e. The highest BCUT2D eigenvalue weighted by atomic mass is 32.2. The fraction of sp³-hybridized carbons (Fsp3) is 0.435. The Bertz CT molecular complexity index is 1080. The predicted molar refractivity (Wildman–Crippen MR) is 120 cm³/mol. The second-order valence-corrected chi connectivity index (χ2v) is 10.2. The van der Waals surface area contributed by atoms with Gasteiger partial charge in [0.15, 0.2) is 6.61 Å². The fourth-order valence-corrected chi connectivity index (χ4v) is 5.54. The van der Waals surface area contributed by atoms with Crippen LogP contribution in [0.5, 0.6) is 5.75 Å². The molecule has 1 fully saturated rings. The van der Waals surface area contributed by atoms with Crippen molar-refractivity contribution in [1.82, 2.24) is 9.62 Å². The van der Waals surface area contributed by atoms with Crippen molar-refractivity contribution < 1.29 is 17.9 Å². The number of aryl methyl sites for hydroxylation is 2. The van der Waals surface area contributed by atoms with Crippen LogP contribution in [0.15, 0.2) is 41.3 Å². The van der Waals surface area contributed by atoms with E-state index >= 15 is 0 Å². The number of fused-ring (bicyclic) bond motifs is 1. The maximum atomic E-state index is 12.9. The summed E-state index contributed by atoms with van der Waals surface area (Å²) in [5.41, 5.74) is 3.74. The lowest BCUT2D eigenvalue weighted by atomic mass is 9.96. The lowest BCUT2D eigenvalue weighted by molar-refractivity contribution is -0.118. The number of piperidine rings is 1. The van der Waals surface area contributed by atoms with Gasteiger partial charge in [-0.05, 0) is 68.5 Å². The highest BCUT2D eigenvalue weighted by Crippen LogP contribution is 2.33. The van der Waals surface area contributed by atoms with Gasteiger partial charge in [0.25, 0.3) is 5.91 Å². The maximum Gasteiger partial charge on any atom is 0.262 e. The molecule has 2 aromatic rings. The summed E-state index contributed by atoms with van der Waals surface area (Å²) in [4.78, 5) is 14.1. The smallest absolute Gasteiger partial charge is 0.262 e. The molecule has 0 atom stereocenters. The van der Waals surface area contributed by atoms with Crippen LogP contribution in [0.2, 0.25) is 0 Å². The van der Waals surface area contributed by atoms with Crippen LogP contribution in [0.1, 0.15) is 29.5 Å². The number of likely N-dealkylation sites (tertiary alicyclic amines) is 1. The van der Waals surface area contributed by atoms with Gasteiger partial charge in [0.2, 0.25) is 10.0 Å². The normalized spacial score (nSPS) is 17.7. The van der Waals surface area contributed by atoms with Crippen molar-refractivity contribution in [2.75, 3.05) is 31.6 Å². The summed E-state index contributed by atoms with van der Waals surface area (Å²) in [5.74, 6) is 0.459. The summed E-state index contributed by atoms with van der Waals surface area (Å²) < 4.78 is 34.0. The molecule has 8 heteroatoms. The highest BCUT2D eigenvalue weighted by molar-refractivity contribution is 7.89. The van der Waals surface area contributed by atoms with Crippen molar-refractivity contribution in [2.24, 2.45) is 5.92 Å². The van der Waals surface area contributed by atoms with E-state index in [-0.39, 0.29) is 17.4 Å². The van der Waals surface area contributed by atoms with Crippen molar-refractivity contribution in [1.29, 1.82) is 0 Å². The van der Waals surface area contributed by atoms with Gasteiger partial charge in [0.1, 0.15) is 5.75 Å². The number of nitrogens with one attached hydrogen (secondary N) is 2. The van der Waals surface area contributed by atoms with Gasteiger partial charge in [-0.1, -0.05) is 24.3 Å². The van der Waals surface area contributed by atoms with Crippen LogP contribution in [-0.2, 0) is 21.4 Å². The molecule has 0 aliphatic carbocycles. The fourth-order valence-electron chi connectivity index (χ4n) is 4.19. The molecule has 0 saturated carbocycles. The first-order valence-corrected chi connectivity index (χ1v) is 12.1. The van der Waals surface area contributed by atoms with Crippen LogP contribution in [0.3, 0.4) is 0 Å². The van der Waals surface area contributed by atoms with Crippen molar-refractivity contribution in [3.63, 3.8) is 0 Å². The zero-order valence-electron chi connectivity index (χ0n) is 18.0. The number of carbonyl (C=O) groups is 1. The number of benzene rings is 2. The van der Waals surface area contributed by atoms with Gasteiger partial charge in [-0.25, -0.2) is 13.1 Å². The third-order valence-corrected chi connectivity index (χ3v) is 7.69. The van der Waals surface area contributed by atoms with Crippen molar-refractivity contribution in [2.45, 2.75) is 38.1 Å². The molecule has 0 unspecified atom stereocenters. The van der Waals surface area contributed by atoms with E-state index in [1.54, 1.807) is 13.0 Å². The van der Waals surface area contributed by atoms with Gasteiger partial charge in [-0.2, -0.15) is 0 Å². The lowest BCUT2D eigenvalue weighted by Gasteiger charge is -2.32. The average molecular weight is 444 g/mol. The van der Waals surface area contributed by atoms with E-state index in [1.165, 1.54) is 17.2 Å². The number of hydrogen-bond donors (Lipinski definition) is 2. The Labute approximate surface area is 183 Å². The molecule has 0 bridgehead atoms. The molecule has 4 rings (SSSR count). The molecule has 0 aromatic heterocycles. The van der Waals surface area contributed by atoms with Crippen LogP contribution in [0.4, 0.5) is 5.69 Å². The third-order valence-electron chi connectivity index (χ3n) is 6.12. The van der Waals surface area contributed by atoms with Gasteiger partial charge in [0.05, 0.1) is 10.6 Å². The summed E-state index contributed by atoms with van der Waals surface area (Å²) in [6, 6.07) is 11.6. The average Bonchev–Trinajstić information content (AvgIpc) is 2.74. The molecular formula is C23H29N3O4S. The Morgan fingerprint density at radius 2 is 1.87 bits per heavy atom. The Morgan fingerprint density at radius 1 is 1.13 bits per heavy atom. The number of carbonyl (C=O) groups excluding carboxylic acids is 1. The van der Waals surface area contributed by atoms with Crippen LogP contribution >= 0.6 is 0 Å². The zero-order valence-corrected chi connectivity index (χ0v) is 18.8. The number of sulfonamides is 1. The Balaban J connectivity index is 1.33. The first-order valence-electron chi connectivity index (χ1n) is 10.7. The molecule has 2 aromatic carbocycles. The van der Waals surface area contributed by atoms with Gasteiger partial charge >= 0.3 is 0 Å². The SMILES string of the molecule is Cc1ccccc1CN1CCC(CNS(=O)(=O)c2cc3c(cc2C)NC(=O)CO3)CC1. The quantitative estimate of drug-likeness (QED) is 0.717. The molecule has 1 saturated heterocycles.